The molecule has 1 heterocycles. The van der Waals surface area contributed by atoms with E-state index in [4.69, 9.17) is 83.4 Å². The van der Waals surface area contributed by atoms with Crippen molar-refractivity contribution in [2.75, 3.05) is 0 Å². The van der Waals surface area contributed by atoms with Gasteiger partial charge < -0.3 is 0 Å². The number of imidazole rings is 1. The molecule has 0 unspecified atom stereocenters. The Hall–Kier alpha value is -6.38. The Labute approximate surface area is 380 Å². The van der Waals surface area contributed by atoms with E-state index in [1.165, 1.54) is 0 Å². The first-order valence-electron chi connectivity index (χ1n) is 20.2. The summed E-state index contributed by atoms with van der Waals surface area (Å²) in [7, 11) is 65.3. The molecule has 12 heteroatoms. The lowest BCUT2D eigenvalue weighted by atomic mass is 9.59. The van der Waals surface area contributed by atoms with Crippen molar-refractivity contribution in [1.82, 2.24) is 9.55 Å². The molecule has 0 aliphatic rings. The molecule has 0 saturated carbocycles. The van der Waals surface area contributed by atoms with Crippen molar-refractivity contribution in [2.45, 2.75) is 0 Å². The Balaban J connectivity index is 1.31. The standard InChI is InChI=1S/C51H24B10N2/c52-41-38(42(53)46(57)49(60)45(41)56)26-22-25(23-27(24-26)39-43(54)47(58)50(61)48(59)44(39)55)37-29-14-4-6-16-31(29)40(32-17-7-5-15-30(32)37)33-18-8-9-19-34(33)51-62-35-20-10-11-21-36(35)63(51)28-12-2-1-3-13-28/h1-24H. The van der Waals surface area contributed by atoms with Crippen molar-refractivity contribution in [1.29, 1.82) is 0 Å². The van der Waals surface area contributed by atoms with Crippen LogP contribution in [0.25, 0.3) is 94.2 Å². The van der Waals surface area contributed by atoms with E-state index in [0.29, 0.717) is 22.3 Å². The van der Waals surface area contributed by atoms with Gasteiger partial charge in [-0.25, -0.2) is 4.98 Å². The van der Waals surface area contributed by atoms with E-state index in [9.17, 15) is 0 Å². The van der Waals surface area contributed by atoms with Gasteiger partial charge in [0, 0.05) is 11.3 Å². The van der Waals surface area contributed by atoms with Crippen molar-refractivity contribution in [3.05, 3.63) is 146 Å². The van der Waals surface area contributed by atoms with Crippen LogP contribution in [0.4, 0.5) is 0 Å². The number of nitrogens with zero attached hydrogens (tertiary/aromatic N) is 2. The first kappa shape index (κ1) is 40.7. The highest BCUT2D eigenvalue weighted by molar-refractivity contribution is 6.70. The fraction of sp³-hybridized carbons (Fsp3) is 0. The van der Waals surface area contributed by atoms with Gasteiger partial charge >= 0.3 is 0 Å². The Kier molecular flexibility index (Phi) is 10.2. The van der Waals surface area contributed by atoms with Gasteiger partial charge in [-0.1, -0.05) is 125 Å². The van der Waals surface area contributed by atoms with Gasteiger partial charge in [0.1, 0.15) is 84.3 Å². The molecule has 0 atom stereocenters. The van der Waals surface area contributed by atoms with Crippen LogP contribution < -0.4 is 54.6 Å². The quantitative estimate of drug-likeness (QED) is 0.186. The summed E-state index contributed by atoms with van der Waals surface area (Å²) in [6.07, 6.45) is 0. The number of para-hydroxylation sites is 3. The summed E-state index contributed by atoms with van der Waals surface area (Å²) in [6.45, 7) is 0. The van der Waals surface area contributed by atoms with Crippen molar-refractivity contribution >= 4 is 166 Å². The average Bonchev–Trinajstić information content (AvgIpc) is 3.70. The second kappa shape index (κ2) is 15.8. The molecule has 0 bridgehead atoms. The summed E-state index contributed by atoms with van der Waals surface area (Å²) < 4.78 is 2.22. The lowest BCUT2D eigenvalue weighted by molar-refractivity contribution is 1.10. The van der Waals surface area contributed by atoms with Gasteiger partial charge in [0.25, 0.3) is 0 Å². The molecule has 0 fully saturated rings. The van der Waals surface area contributed by atoms with Gasteiger partial charge in [-0.05, 0) is 109 Å². The third-order valence-corrected chi connectivity index (χ3v) is 12.1. The van der Waals surface area contributed by atoms with E-state index >= 15 is 0 Å². The molecular formula is C51H24B10N2. The lowest BCUT2D eigenvalue weighted by Crippen LogP contribution is -2.55. The molecule has 20 radical (unpaired) electrons. The topological polar surface area (TPSA) is 17.8 Å². The van der Waals surface area contributed by atoms with Gasteiger partial charge in [0.05, 0.1) is 11.0 Å². The van der Waals surface area contributed by atoms with Crippen LogP contribution in [0.15, 0.2) is 146 Å². The molecular weight excluding hydrogens is 749 g/mol. The van der Waals surface area contributed by atoms with Crippen LogP contribution in [-0.2, 0) is 0 Å². The van der Waals surface area contributed by atoms with Gasteiger partial charge in [0.15, 0.2) is 0 Å². The molecule has 0 saturated heterocycles. The molecule has 0 aliphatic heterocycles. The highest BCUT2D eigenvalue weighted by atomic mass is 15.1. The number of hydrogen-bond acceptors (Lipinski definition) is 1. The molecule has 268 valence electrons. The first-order valence-corrected chi connectivity index (χ1v) is 20.2. The highest BCUT2D eigenvalue weighted by Crippen LogP contribution is 2.47. The number of fused-ring (bicyclic) bond motifs is 3. The van der Waals surface area contributed by atoms with Crippen LogP contribution >= 0.6 is 0 Å². The summed E-state index contributed by atoms with van der Waals surface area (Å²) in [4.78, 5) is 5.28. The first-order chi connectivity index (χ1) is 30.5. The van der Waals surface area contributed by atoms with Crippen molar-refractivity contribution in [3.8, 4) is 61.6 Å². The molecule has 0 N–H and O–H groups in total. The van der Waals surface area contributed by atoms with Gasteiger partial charge in [-0.2, -0.15) is 0 Å². The highest BCUT2D eigenvalue weighted by Gasteiger charge is 2.24. The lowest BCUT2D eigenvalue weighted by Gasteiger charge is -2.25. The minimum absolute atomic E-state index is 0.102. The van der Waals surface area contributed by atoms with E-state index in [-0.39, 0.29) is 54.6 Å². The predicted molar refractivity (Wildman–Crippen MR) is 277 cm³/mol. The van der Waals surface area contributed by atoms with Crippen LogP contribution in [0.5, 0.6) is 0 Å². The van der Waals surface area contributed by atoms with Crippen LogP contribution in [0.3, 0.4) is 0 Å². The van der Waals surface area contributed by atoms with E-state index in [0.717, 1.165) is 71.9 Å². The van der Waals surface area contributed by atoms with Crippen LogP contribution in [0.1, 0.15) is 0 Å². The smallest absolute Gasteiger partial charge is 0.146 e. The van der Waals surface area contributed by atoms with Gasteiger partial charge in [0.2, 0.25) is 0 Å². The van der Waals surface area contributed by atoms with Crippen molar-refractivity contribution in [2.24, 2.45) is 0 Å². The second-order valence-electron chi connectivity index (χ2n) is 15.7. The molecule has 63 heavy (non-hydrogen) atoms. The monoisotopic (exact) mass is 774 g/mol. The third kappa shape index (κ3) is 6.44. The zero-order chi connectivity index (χ0) is 43.8. The van der Waals surface area contributed by atoms with E-state index in [1.807, 2.05) is 66.7 Å². The minimum atomic E-state index is 0.102. The molecule has 2 nitrogen and oxygen atoms in total. The Morgan fingerprint density at radius 3 is 1.17 bits per heavy atom. The Morgan fingerprint density at radius 2 is 0.683 bits per heavy atom. The summed E-state index contributed by atoms with van der Waals surface area (Å²) in [5.74, 6) is 0.821. The average molecular weight is 773 g/mol. The Morgan fingerprint density at radius 1 is 0.317 bits per heavy atom. The number of benzene rings is 9. The molecule has 1 aromatic heterocycles. The summed E-state index contributed by atoms with van der Waals surface area (Å²) >= 11 is 0. The van der Waals surface area contributed by atoms with Crippen LogP contribution in [0, 0.1) is 0 Å². The van der Waals surface area contributed by atoms with E-state index in [1.54, 1.807) is 0 Å². The second-order valence-corrected chi connectivity index (χ2v) is 15.7. The summed E-state index contributed by atoms with van der Waals surface area (Å²) in [6, 6.07) is 49.5. The maximum absolute atomic E-state index is 6.74. The van der Waals surface area contributed by atoms with Crippen molar-refractivity contribution < 1.29 is 0 Å². The normalized spacial score (nSPS) is 11.5. The molecule has 0 spiro atoms. The Bertz CT molecular complexity index is 3320. The molecule has 10 rings (SSSR count). The summed E-state index contributed by atoms with van der Waals surface area (Å²) in [5.41, 5.74) is 10.9. The molecule has 0 amide bonds. The number of rotatable bonds is 6. The van der Waals surface area contributed by atoms with E-state index < -0.39 is 0 Å². The fourth-order valence-corrected chi connectivity index (χ4v) is 9.05. The van der Waals surface area contributed by atoms with Crippen LogP contribution in [-0.4, -0.2) is 88.0 Å². The van der Waals surface area contributed by atoms with E-state index in [2.05, 4.69) is 83.4 Å². The van der Waals surface area contributed by atoms with Crippen molar-refractivity contribution in [3.63, 3.8) is 0 Å². The maximum Gasteiger partial charge on any atom is 0.146 e. The fourth-order valence-electron chi connectivity index (χ4n) is 9.05. The van der Waals surface area contributed by atoms with Gasteiger partial charge in [-0.15, -0.1) is 32.8 Å². The molecule has 9 aromatic carbocycles. The third-order valence-electron chi connectivity index (χ3n) is 12.1. The number of aromatic nitrogens is 2. The van der Waals surface area contributed by atoms with Gasteiger partial charge in [-0.3, -0.25) is 4.57 Å². The zero-order valence-electron chi connectivity index (χ0n) is 34.0. The zero-order valence-corrected chi connectivity index (χ0v) is 34.0. The number of hydrogen-bond donors (Lipinski definition) is 0. The van der Waals surface area contributed by atoms with Crippen LogP contribution in [0.2, 0.25) is 0 Å². The molecule has 10 aromatic rings. The molecule has 0 aliphatic carbocycles. The SMILES string of the molecule is [B]c1c([B])c([B])c(-c2cc(-c3c([B])c([B])c([B])c([B])c3[B])cc(-c3c4ccccc4c(-c4ccccc4-c4nc5ccccc5n4-c4ccccc4)c4ccccc34)c2)c([B])c1[B]. The predicted octanol–water partition coefficient (Wildman–Crippen LogP) is 1.60. The minimum Gasteiger partial charge on any atom is -0.292 e. The maximum atomic E-state index is 6.74. The largest absolute Gasteiger partial charge is 0.292 e. The summed E-state index contributed by atoms with van der Waals surface area (Å²) in [5, 5.41) is 3.95.